The van der Waals surface area contributed by atoms with Crippen LogP contribution in [0.1, 0.15) is 33.2 Å². The molecular weight excluding hydrogens is 284 g/mol. The molecule has 0 saturated carbocycles. The number of hydrogen-bond donors (Lipinski definition) is 1. The molecule has 0 amide bonds. The van der Waals surface area contributed by atoms with E-state index < -0.39 is 12.3 Å². The molecule has 22 heavy (non-hydrogen) atoms. The summed E-state index contributed by atoms with van der Waals surface area (Å²) in [7, 11) is 0. The Kier molecular flexibility index (Phi) is 3.55. The molecule has 2 aromatic rings. The highest BCUT2D eigenvalue weighted by molar-refractivity contribution is 6.11. The molecule has 0 aromatic heterocycles. The van der Waals surface area contributed by atoms with E-state index in [-0.39, 0.29) is 12.4 Å². The number of carboxylic acid groups (broad SMARTS) is 1. The fraction of sp³-hybridized carbons (Fsp3) is 0.176. The van der Waals surface area contributed by atoms with E-state index in [0.717, 1.165) is 5.56 Å². The molecule has 0 bridgehead atoms. The van der Waals surface area contributed by atoms with Crippen LogP contribution in [0.4, 0.5) is 4.79 Å². The van der Waals surface area contributed by atoms with Crippen LogP contribution in [0, 0.1) is 6.92 Å². The van der Waals surface area contributed by atoms with Gasteiger partial charge in [-0.05, 0) is 24.6 Å². The largest absolute Gasteiger partial charge is 0.506 e. The smallest absolute Gasteiger partial charge is 0.488 e. The first-order chi connectivity index (χ1) is 10.6. The van der Waals surface area contributed by atoms with Crippen molar-refractivity contribution in [2.75, 3.05) is 6.61 Å². The topological polar surface area (TPSA) is 72.8 Å². The van der Waals surface area contributed by atoms with Crippen molar-refractivity contribution in [1.82, 2.24) is 0 Å². The van der Waals surface area contributed by atoms with Crippen LogP contribution < -0.4 is 4.74 Å². The lowest BCUT2D eigenvalue weighted by atomic mass is 9.97. The average Bonchev–Trinajstić information content (AvgIpc) is 2.89. The fourth-order valence-corrected chi connectivity index (χ4v) is 2.58. The number of carbonyl (C=O) groups is 2. The molecule has 1 aliphatic rings. The van der Waals surface area contributed by atoms with Crippen LogP contribution in [-0.4, -0.2) is 23.7 Å². The second kappa shape index (κ2) is 5.52. The van der Waals surface area contributed by atoms with Gasteiger partial charge in [0.1, 0.15) is 12.4 Å². The van der Waals surface area contributed by atoms with Gasteiger partial charge in [-0.3, -0.25) is 4.79 Å². The van der Waals surface area contributed by atoms with Crippen LogP contribution in [0.25, 0.3) is 0 Å². The molecular formula is C17H14O5. The van der Waals surface area contributed by atoms with Gasteiger partial charge < -0.3 is 14.6 Å². The summed E-state index contributed by atoms with van der Waals surface area (Å²) in [4.78, 5) is 23.4. The zero-order chi connectivity index (χ0) is 15.7. The number of ether oxygens (including phenoxy) is 2. The van der Waals surface area contributed by atoms with E-state index in [0.29, 0.717) is 22.4 Å². The Hall–Kier alpha value is -2.82. The van der Waals surface area contributed by atoms with E-state index in [2.05, 4.69) is 0 Å². The highest BCUT2D eigenvalue weighted by Gasteiger charge is 2.32. The standard InChI is InChI=1S/C17H14O5/c1-10-7-12-14(22-17(19)20)9-21-16(12)13(8-10)15(18)11-5-3-2-4-6-11/h2-8,14H,9H2,1H3,(H,19,20). The van der Waals surface area contributed by atoms with Crippen LogP contribution in [0.3, 0.4) is 0 Å². The molecule has 1 atom stereocenters. The second-order valence-electron chi connectivity index (χ2n) is 5.11. The van der Waals surface area contributed by atoms with Crippen molar-refractivity contribution in [1.29, 1.82) is 0 Å². The SMILES string of the molecule is Cc1cc(C(=O)c2ccccc2)c2c(c1)C(OC(=O)O)CO2. The van der Waals surface area contributed by atoms with Crippen molar-refractivity contribution in [2.45, 2.75) is 13.0 Å². The first-order valence-corrected chi connectivity index (χ1v) is 6.83. The van der Waals surface area contributed by atoms with Gasteiger partial charge >= 0.3 is 6.16 Å². The van der Waals surface area contributed by atoms with Gasteiger partial charge in [0.2, 0.25) is 0 Å². The van der Waals surface area contributed by atoms with Crippen LogP contribution in [0.2, 0.25) is 0 Å². The Bertz CT molecular complexity index is 736. The third-order valence-corrected chi connectivity index (χ3v) is 3.51. The van der Waals surface area contributed by atoms with Crippen LogP contribution in [0.5, 0.6) is 5.75 Å². The average molecular weight is 298 g/mol. The molecule has 1 unspecified atom stereocenters. The maximum absolute atomic E-state index is 12.6. The molecule has 2 aromatic carbocycles. The lowest BCUT2D eigenvalue weighted by Crippen LogP contribution is -2.10. The number of aryl methyl sites for hydroxylation is 1. The Morgan fingerprint density at radius 3 is 2.64 bits per heavy atom. The second-order valence-corrected chi connectivity index (χ2v) is 5.11. The zero-order valence-electron chi connectivity index (χ0n) is 11.9. The number of fused-ring (bicyclic) bond motifs is 1. The highest BCUT2D eigenvalue weighted by atomic mass is 16.7. The quantitative estimate of drug-likeness (QED) is 0.695. The van der Waals surface area contributed by atoms with E-state index in [1.807, 2.05) is 13.0 Å². The summed E-state index contributed by atoms with van der Waals surface area (Å²) in [6.45, 7) is 1.93. The predicted molar refractivity (Wildman–Crippen MR) is 78.4 cm³/mol. The molecule has 112 valence electrons. The van der Waals surface area contributed by atoms with Crippen molar-refractivity contribution >= 4 is 11.9 Å². The van der Waals surface area contributed by atoms with Gasteiger partial charge in [-0.15, -0.1) is 0 Å². The van der Waals surface area contributed by atoms with Crippen LogP contribution in [0.15, 0.2) is 42.5 Å². The molecule has 0 aliphatic carbocycles. The number of ketones is 1. The predicted octanol–water partition coefficient (Wildman–Crippen LogP) is 3.35. The first kappa shape index (κ1) is 14.1. The zero-order valence-corrected chi connectivity index (χ0v) is 11.9. The number of benzene rings is 2. The molecule has 0 fully saturated rings. The molecule has 0 saturated heterocycles. The van der Waals surface area contributed by atoms with Crippen molar-refractivity contribution in [3.05, 3.63) is 64.7 Å². The lowest BCUT2D eigenvalue weighted by Gasteiger charge is -2.10. The minimum atomic E-state index is -1.36. The van der Waals surface area contributed by atoms with Crippen molar-refractivity contribution in [3.63, 3.8) is 0 Å². The molecule has 3 rings (SSSR count). The van der Waals surface area contributed by atoms with E-state index >= 15 is 0 Å². The van der Waals surface area contributed by atoms with E-state index in [9.17, 15) is 9.59 Å². The van der Waals surface area contributed by atoms with Crippen molar-refractivity contribution in [2.24, 2.45) is 0 Å². The minimum Gasteiger partial charge on any atom is -0.488 e. The third kappa shape index (κ3) is 2.53. The van der Waals surface area contributed by atoms with Crippen molar-refractivity contribution in [3.8, 4) is 5.75 Å². The Morgan fingerprint density at radius 2 is 1.95 bits per heavy atom. The summed E-state index contributed by atoms with van der Waals surface area (Å²) in [5.41, 5.74) is 2.43. The first-order valence-electron chi connectivity index (χ1n) is 6.83. The normalized spacial score (nSPS) is 15.8. The molecule has 1 N–H and O–H groups in total. The molecule has 1 heterocycles. The van der Waals surface area contributed by atoms with E-state index in [1.165, 1.54) is 0 Å². The lowest BCUT2D eigenvalue weighted by molar-refractivity contribution is 0.0419. The van der Waals surface area contributed by atoms with E-state index in [4.69, 9.17) is 14.6 Å². The Labute approximate surface area is 127 Å². The molecule has 1 aliphatic heterocycles. The summed E-state index contributed by atoms with van der Waals surface area (Å²) in [6, 6.07) is 12.4. The van der Waals surface area contributed by atoms with Gasteiger partial charge in [-0.25, -0.2) is 4.79 Å². The van der Waals surface area contributed by atoms with Gasteiger partial charge in [-0.1, -0.05) is 30.3 Å². The van der Waals surface area contributed by atoms with Gasteiger partial charge in [0.05, 0.1) is 5.56 Å². The molecule has 5 nitrogen and oxygen atoms in total. The fourth-order valence-electron chi connectivity index (χ4n) is 2.58. The summed E-state index contributed by atoms with van der Waals surface area (Å²) in [5.74, 6) is 0.252. The van der Waals surface area contributed by atoms with Gasteiger partial charge in [0.15, 0.2) is 11.9 Å². The third-order valence-electron chi connectivity index (χ3n) is 3.51. The summed E-state index contributed by atoms with van der Waals surface area (Å²) < 4.78 is 10.3. The summed E-state index contributed by atoms with van der Waals surface area (Å²) in [5, 5.41) is 8.78. The maximum atomic E-state index is 12.6. The van der Waals surface area contributed by atoms with Gasteiger partial charge in [0.25, 0.3) is 0 Å². The highest BCUT2D eigenvalue weighted by Crippen LogP contribution is 2.39. The van der Waals surface area contributed by atoms with Gasteiger partial charge in [-0.2, -0.15) is 0 Å². The maximum Gasteiger partial charge on any atom is 0.506 e. The molecule has 0 radical (unpaired) electrons. The van der Waals surface area contributed by atoms with Gasteiger partial charge in [0, 0.05) is 11.1 Å². The van der Waals surface area contributed by atoms with E-state index in [1.54, 1.807) is 36.4 Å². The van der Waals surface area contributed by atoms with Crippen LogP contribution in [-0.2, 0) is 4.74 Å². The minimum absolute atomic E-state index is 0.0835. The Morgan fingerprint density at radius 1 is 1.23 bits per heavy atom. The summed E-state index contributed by atoms with van der Waals surface area (Å²) >= 11 is 0. The molecule has 5 heteroatoms. The van der Waals surface area contributed by atoms with Crippen LogP contribution >= 0.6 is 0 Å². The number of hydrogen-bond acceptors (Lipinski definition) is 4. The summed E-state index contributed by atoms with van der Waals surface area (Å²) in [6.07, 6.45) is -2.06. The monoisotopic (exact) mass is 298 g/mol. The Balaban J connectivity index is 2.04. The number of carbonyl (C=O) groups excluding carboxylic acids is 1. The molecule has 0 spiro atoms. The number of rotatable bonds is 3. The van der Waals surface area contributed by atoms with Crippen molar-refractivity contribution < 1.29 is 24.2 Å².